The van der Waals surface area contributed by atoms with E-state index in [2.05, 4.69) is 17.9 Å². The zero-order valence-electron chi connectivity index (χ0n) is 12.6. The Labute approximate surface area is 122 Å². The van der Waals surface area contributed by atoms with Crippen molar-refractivity contribution >= 4 is 0 Å². The van der Waals surface area contributed by atoms with Crippen LogP contribution in [0.15, 0.2) is 0 Å². The molecule has 0 aromatic heterocycles. The van der Waals surface area contributed by atoms with Gasteiger partial charge in [0, 0.05) is 25.9 Å². The number of nitrogens with zero attached hydrogens (tertiary/aromatic N) is 2. The molecule has 3 heterocycles. The summed E-state index contributed by atoms with van der Waals surface area (Å²) in [5.41, 5.74) is -0.0187. The predicted octanol–water partition coefficient (Wildman–Crippen LogP) is 2.34. The van der Waals surface area contributed by atoms with E-state index in [0.29, 0.717) is 6.04 Å². The molecule has 3 rings (SSSR count). The number of ether oxygens (including phenoxy) is 2. The molecule has 0 aromatic carbocycles. The van der Waals surface area contributed by atoms with Crippen LogP contribution in [-0.4, -0.2) is 49.5 Å². The molecule has 0 amide bonds. The van der Waals surface area contributed by atoms with Crippen LogP contribution in [0.2, 0.25) is 0 Å². The van der Waals surface area contributed by atoms with Crippen molar-refractivity contribution in [3.05, 3.63) is 0 Å². The second-order valence-electron chi connectivity index (χ2n) is 7.00. The maximum atomic E-state index is 9.24. The molecule has 4 heteroatoms. The Hall–Kier alpha value is -0.630. The van der Waals surface area contributed by atoms with Gasteiger partial charge in [-0.2, -0.15) is 5.26 Å². The van der Waals surface area contributed by atoms with Gasteiger partial charge in [-0.25, -0.2) is 0 Å². The standard InChI is InChI=1S/C16H26N2O2/c1-15(13-17)3-7-18(8-4-15)14-2-9-20-16(12-14)5-10-19-11-6-16/h14H,2-12H2,1H3. The highest BCUT2D eigenvalue weighted by Crippen LogP contribution is 2.38. The molecular weight excluding hydrogens is 252 g/mol. The Kier molecular flexibility index (Phi) is 4.03. The summed E-state index contributed by atoms with van der Waals surface area (Å²) in [6.07, 6.45) is 6.42. The van der Waals surface area contributed by atoms with Crippen LogP contribution in [0.3, 0.4) is 0 Å². The third-order valence-corrected chi connectivity index (χ3v) is 5.56. The zero-order valence-corrected chi connectivity index (χ0v) is 12.6. The molecule has 112 valence electrons. The SMILES string of the molecule is CC1(C#N)CCN(C2CCOC3(CCOCC3)C2)CC1. The first-order chi connectivity index (χ1) is 9.65. The normalized spacial score (nSPS) is 33.7. The lowest BCUT2D eigenvalue weighted by Crippen LogP contribution is -2.53. The summed E-state index contributed by atoms with van der Waals surface area (Å²) >= 11 is 0. The fourth-order valence-electron chi connectivity index (χ4n) is 3.90. The third-order valence-electron chi connectivity index (χ3n) is 5.56. The van der Waals surface area contributed by atoms with Crippen molar-refractivity contribution in [1.82, 2.24) is 4.90 Å². The Morgan fingerprint density at radius 1 is 1.10 bits per heavy atom. The van der Waals surface area contributed by atoms with Crippen LogP contribution in [0.5, 0.6) is 0 Å². The Bertz CT molecular complexity index is 371. The molecule has 0 bridgehead atoms. The average Bonchev–Trinajstić information content (AvgIpc) is 2.49. The summed E-state index contributed by atoms with van der Waals surface area (Å²) in [7, 11) is 0. The van der Waals surface area contributed by atoms with E-state index < -0.39 is 0 Å². The van der Waals surface area contributed by atoms with Crippen LogP contribution in [0.4, 0.5) is 0 Å². The largest absolute Gasteiger partial charge is 0.381 e. The molecular formula is C16H26N2O2. The van der Waals surface area contributed by atoms with Crippen LogP contribution in [0.25, 0.3) is 0 Å². The maximum absolute atomic E-state index is 9.24. The number of likely N-dealkylation sites (tertiary alicyclic amines) is 1. The minimum Gasteiger partial charge on any atom is -0.381 e. The highest BCUT2D eigenvalue weighted by Gasteiger charge is 2.42. The van der Waals surface area contributed by atoms with Gasteiger partial charge in [-0.05, 0) is 58.5 Å². The number of rotatable bonds is 1. The van der Waals surface area contributed by atoms with E-state index in [1.807, 2.05) is 0 Å². The molecule has 0 aliphatic carbocycles. The van der Waals surface area contributed by atoms with Crippen LogP contribution in [-0.2, 0) is 9.47 Å². The summed E-state index contributed by atoms with van der Waals surface area (Å²) in [6, 6.07) is 3.14. The quantitative estimate of drug-likeness (QED) is 0.738. The van der Waals surface area contributed by atoms with Crippen molar-refractivity contribution in [3.63, 3.8) is 0 Å². The summed E-state index contributed by atoms with van der Waals surface area (Å²) in [5.74, 6) is 0. The first-order valence-corrected chi connectivity index (χ1v) is 8.02. The second kappa shape index (κ2) is 5.63. The first-order valence-electron chi connectivity index (χ1n) is 8.02. The Morgan fingerprint density at radius 2 is 1.80 bits per heavy atom. The van der Waals surface area contributed by atoms with Gasteiger partial charge in [0.05, 0.1) is 17.1 Å². The van der Waals surface area contributed by atoms with Crippen molar-refractivity contribution in [2.75, 3.05) is 32.9 Å². The van der Waals surface area contributed by atoms with E-state index in [1.54, 1.807) is 0 Å². The summed E-state index contributed by atoms with van der Waals surface area (Å²) < 4.78 is 11.6. The highest BCUT2D eigenvalue weighted by molar-refractivity contribution is 5.01. The zero-order chi connectivity index (χ0) is 14.1. The molecule has 1 spiro atoms. The molecule has 3 aliphatic rings. The van der Waals surface area contributed by atoms with Crippen molar-refractivity contribution in [2.45, 2.75) is 57.1 Å². The maximum Gasteiger partial charge on any atom is 0.0741 e. The van der Waals surface area contributed by atoms with Gasteiger partial charge in [-0.15, -0.1) is 0 Å². The number of piperidine rings is 1. The molecule has 0 radical (unpaired) electrons. The molecule has 3 saturated heterocycles. The summed E-state index contributed by atoms with van der Waals surface area (Å²) in [6.45, 7) is 6.83. The van der Waals surface area contributed by atoms with Crippen LogP contribution in [0.1, 0.15) is 45.4 Å². The fourth-order valence-corrected chi connectivity index (χ4v) is 3.90. The van der Waals surface area contributed by atoms with Crippen LogP contribution >= 0.6 is 0 Å². The topological polar surface area (TPSA) is 45.5 Å². The van der Waals surface area contributed by atoms with Gasteiger partial charge in [-0.1, -0.05) is 0 Å². The summed E-state index contributed by atoms with van der Waals surface area (Å²) in [5, 5.41) is 9.24. The second-order valence-corrected chi connectivity index (χ2v) is 7.00. The number of hydrogen-bond donors (Lipinski definition) is 0. The lowest BCUT2D eigenvalue weighted by atomic mass is 9.79. The van der Waals surface area contributed by atoms with E-state index >= 15 is 0 Å². The minimum absolute atomic E-state index is 0.0805. The molecule has 0 aromatic rings. The molecule has 4 nitrogen and oxygen atoms in total. The number of nitriles is 1. The smallest absolute Gasteiger partial charge is 0.0741 e. The van der Waals surface area contributed by atoms with Gasteiger partial charge in [0.1, 0.15) is 0 Å². The van der Waals surface area contributed by atoms with Gasteiger partial charge in [0.25, 0.3) is 0 Å². The molecule has 0 N–H and O–H groups in total. The van der Waals surface area contributed by atoms with E-state index in [1.165, 1.54) is 0 Å². The third kappa shape index (κ3) is 2.86. The first kappa shape index (κ1) is 14.3. The molecule has 1 atom stereocenters. The van der Waals surface area contributed by atoms with Gasteiger partial charge < -0.3 is 14.4 Å². The van der Waals surface area contributed by atoms with E-state index in [0.717, 1.165) is 71.4 Å². The number of hydrogen-bond acceptors (Lipinski definition) is 4. The lowest BCUT2D eigenvalue weighted by Gasteiger charge is -2.48. The van der Waals surface area contributed by atoms with Crippen molar-refractivity contribution in [3.8, 4) is 6.07 Å². The van der Waals surface area contributed by atoms with Crippen molar-refractivity contribution in [2.24, 2.45) is 5.41 Å². The molecule has 1 unspecified atom stereocenters. The minimum atomic E-state index is -0.0992. The molecule has 3 aliphatic heterocycles. The predicted molar refractivity (Wildman–Crippen MR) is 76.3 cm³/mol. The molecule has 0 saturated carbocycles. The van der Waals surface area contributed by atoms with E-state index in [-0.39, 0.29) is 11.0 Å². The van der Waals surface area contributed by atoms with E-state index in [9.17, 15) is 5.26 Å². The molecule has 3 fully saturated rings. The molecule has 20 heavy (non-hydrogen) atoms. The van der Waals surface area contributed by atoms with Crippen molar-refractivity contribution in [1.29, 1.82) is 5.26 Å². The fraction of sp³-hybridized carbons (Fsp3) is 0.938. The monoisotopic (exact) mass is 278 g/mol. The Balaban J connectivity index is 1.59. The highest BCUT2D eigenvalue weighted by atomic mass is 16.5. The van der Waals surface area contributed by atoms with Gasteiger partial charge in [-0.3, -0.25) is 0 Å². The average molecular weight is 278 g/mol. The van der Waals surface area contributed by atoms with Gasteiger partial charge >= 0.3 is 0 Å². The van der Waals surface area contributed by atoms with Gasteiger partial charge in [0.2, 0.25) is 0 Å². The van der Waals surface area contributed by atoms with Crippen LogP contribution in [0, 0.1) is 16.7 Å². The van der Waals surface area contributed by atoms with Crippen molar-refractivity contribution < 1.29 is 9.47 Å². The summed E-state index contributed by atoms with van der Waals surface area (Å²) in [4.78, 5) is 2.61. The van der Waals surface area contributed by atoms with E-state index in [4.69, 9.17) is 9.47 Å². The lowest BCUT2D eigenvalue weighted by molar-refractivity contribution is -0.153. The Morgan fingerprint density at radius 3 is 2.45 bits per heavy atom. The van der Waals surface area contributed by atoms with Crippen LogP contribution < -0.4 is 0 Å². The van der Waals surface area contributed by atoms with Gasteiger partial charge in [0.15, 0.2) is 0 Å².